The first-order chi connectivity index (χ1) is 9.84. The van der Waals surface area contributed by atoms with Crippen molar-refractivity contribution in [2.75, 3.05) is 26.2 Å². The summed E-state index contributed by atoms with van der Waals surface area (Å²) < 4.78 is 5.55. The highest BCUT2D eigenvalue weighted by molar-refractivity contribution is 6.05. The van der Waals surface area contributed by atoms with Crippen LogP contribution >= 0.6 is 0 Å². The van der Waals surface area contributed by atoms with Gasteiger partial charge in [-0.1, -0.05) is 24.3 Å². The van der Waals surface area contributed by atoms with Crippen molar-refractivity contribution in [3.05, 3.63) is 42.2 Å². The van der Waals surface area contributed by atoms with E-state index in [4.69, 9.17) is 4.74 Å². The van der Waals surface area contributed by atoms with E-state index in [2.05, 4.69) is 15.6 Å². The molecule has 0 spiro atoms. The number of fused-ring (bicyclic) bond motifs is 1. The molecule has 1 amide bonds. The molecule has 2 heterocycles. The summed E-state index contributed by atoms with van der Waals surface area (Å²) >= 11 is 0. The van der Waals surface area contributed by atoms with E-state index in [9.17, 15) is 4.79 Å². The number of rotatable bonds is 3. The molecule has 3 rings (SSSR count). The minimum Gasteiger partial charge on any atom is -0.374 e. The van der Waals surface area contributed by atoms with Crippen molar-refractivity contribution < 1.29 is 9.53 Å². The van der Waals surface area contributed by atoms with E-state index in [1.165, 1.54) is 0 Å². The molecular formula is C15H17N3O2. The molecule has 1 aliphatic heterocycles. The first-order valence-electron chi connectivity index (χ1n) is 6.79. The monoisotopic (exact) mass is 271 g/mol. The van der Waals surface area contributed by atoms with Crippen molar-refractivity contribution in [1.82, 2.24) is 15.6 Å². The Morgan fingerprint density at radius 3 is 3.15 bits per heavy atom. The van der Waals surface area contributed by atoms with Crippen LogP contribution in [-0.2, 0) is 4.74 Å². The summed E-state index contributed by atoms with van der Waals surface area (Å²) in [4.78, 5) is 16.5. The average Bonchev–Trinajstić information content (AvgIpc) is 2.53. The third kappa shape index (κ3) is 2.79. The lowest BCUT2D eigenvalue weighted by atomic mass is 10.1. The van der Waals surface area contributed by atoms with Gasteiger partial charge >= 0.3 is 0 Å². The van der Waals surface area contributed by atoms with E-state index in [1.807, 2.05) is 30.3 Å². The van der Waals surface area contributed by atoms with Gasteiger partial charge in [0.15, 0.2) is 0 Å². The second-order valence-corrected chi connectivity index (χ2v) is 4.79. The number of morpholine rings is 1. The van der Waals surface area contributed by atoms with Crippen molar-refractivity contribution in [3.63, 3.8) is 0 Å². The highest BCUT2D eigenvalue weighted by atomic mass is 16.5. The topological polar surface area (TPSA) is 63.2 Å². The Bertz CT molecular complexity index is 604. The summed E-state index contributed by atoms with van der Waals surface area (Å²) in [7, 11) is 0. The smallest absolute Gasteiger partial charge is 0.270 e. The van der Waals surface area contributed by atoms with Gasteiger partial charge < -0.3 is 15.4 Å². The van der Waals surface area contributed by atoms with Crippen LogP contribution in [0.1, 0.15) is 10.5 Å². The third-order valence-corrected chi connectivity index (χ3v) is 3.38. The number of amides is 1. The second kappa shape index (κ2) is 5.98. The molecule has 1 fully saturated rings. The number of benzene rings is 1. The molecule has 1 aromatic carbocycles. The Balaban J connectivity index is 1.72. The van der Waals surface area contributed by atoms with Crippen LogP contribution < -0.4 is 10.6 Å². The van der Waals surface area contributed by atoms with Crippen molar-refractivity contribution in [2.24, 2.45) is 0 Å². The van der Waals surface area contributed by atoms with Crippen LogP contribution in [0.25, 0.3) is 10.8 Å². The van der Waals surface area contributed by atoms with E-state index in [0.29, 0.717) is 18.8 Å². The molecule has 5 nitrogen and oxygen atoms in total. The summed E-state index contributed by atoms with van der Waals surface area (Å²) in [6, 6.07) is 9.65. The van der Waals surface area contributed by atoms with Crippen LogP contribution in [0.15, 0.2) is 36.5 Å². The van der Waals surface area contributed by atoms with Gasteiger partial charge in [-0.3, -0.25) is 9.78 Å². The van der Waals surface area contributed by atoms with Crippen LogP contribution in [-0.4, -0.2) is 43.2 Å². The number of hydrogen-bond acceptors (Lipinski definition) is 4. The molecular weight excluding hydrogens is 254 g/mol. The Hall–Kier alpha value is -1.98. The summed E-state index contributed by atoms with van der Waals surface area (Å²) in [6.45, 7) is 2.82. The lowest BCUT2D eigenvalue weighted by Gasteiger charge is -2.23. The van der Waals surface area contributed by atoms with Gasteiger partial charge in [0.25, 0.3) is 5.91 Å². The molecule has 2 aromatic rings. The lowest BCUT2D eigenvalue weighted by molar-refractivity contribution is 0.0287. The zero-order chi connectivity index (χ0) is 13.8. The minimum absolute atomic E-state index is 0.0303. The molecule has 2 N–H and O–H groups in total. The fourth-order valence-electron chi connectivity index (χ4n) is 2.34. The van der Waals surface area contributed by atoms with E-state index in [0.717, 1.165) is 23.9 Å². The standard InChI is InChI=1S/C15H17N3O2/c19-15(18-10-12-9-16-7-8-20-12)14-13-4-2-1-3-11(13)5-6-17-14/h1-6,12,16H,7-10H2,(H,18,19). The molecule has 1 atom stereocenters. The summed E-state index contributed by atoms with van der Waals surface area (Å²) in [6.07, 6.45) is 1.69. The first-order valence-corrected chi connectivity index (χ1v) is 6.79. The number of carbonyl (C=O) groups excluding carboxylic acids is 1. The Morgan fingerprint density at radius 2 is 2.30 bits per heavy atom. The van der Waals surface area contributed by atoms with E-state index in [-0.39, 0.29) is 12.0 Å². The van der Waals surface area contributed by atoms with Crippen LogP contribution in [0.4, 0.5) is 0 Å². The van der Waals surface area contributed by atoms with E-state index < -0.39 is 0 Å². The molecule has 5 heteroatoms. The van der Waals surface area contributed by atoms with Gasteiger partial charge in [-0.15, -0.1) is 0 Å². The third-order valence-electron chi connectivity index (χ3n) is 3.38. The normalized spacial score (nSPS) is 18.9. The van der Waals surface area contributed by atoms with Crippen molar-refractivity contribution in [2.45, 2.75) is 6.10 Å². The molecule has 0 saturated carbocycles. The molecule has 20 heavy (non-hydrogen) atoms. The zero-order valence-corrected chi connectivity index (χ0v) is 11.1. The molecule has 1 aliphatic rings. The quantitative estimate of drug-likeness (QED) is 0.872. The van der Waals surface area contributed by atoms with Crippen molar-refractivity contribution in [3.8, 4) is 0 Å². The average molecular weight is 271 g/mol. The molecule has 1 unspecified atom stereocenters. The summed E-state index contributed by atoms with van der Waals surface area (Å²) in [5.41, 5.74) is 0.465. The number of carbonyl (C=O) groups is 1. The Kier molecular flexibility index (Phi) is 3.90. The summed E-state index contributed by atoms with van der Waals surface area (Å²) in [5.74, 6) is -0.157. The van der Waals surface area contributed by atoms with Gasteiger partial charge in [-0.05, 0) is 11.5 Å². The van der Waals surface area contributed by atoms with Crippen molar-refractivity contribution >= 4 is 16.7 Å². The number of aromatic nitrogens is 1. The molecule has 1 aromatic heterocycles. The summed E-state index contributed by atoms with van der Waals surface area (Å²) in [5, 5.41) is 8.02. The van der Waals surface area contributed by atoms with Crippen LogP contribution in [0, 0.1) is 0 Å². The fraction of sp³-hybridized carbons (Fsp3) is 0.333. The minimum atomic E-state index is -0.157. The number of nitrogens with one attached hydrogen (secondary N) is 2. The molecule has 1 saturated heterocycles. The van der Waals surface area contributed by atoms with Gasteiger partial charge in [0.1, 0.15) is 5.69 Å². The van der Waals surface area contributed by atoms with E-state index in [1.54, 1.807) is 6.20 Å². The highest BCUT2D eigenvalue weighted by Crippen LogP contribution is 2.16. The van der Waals surface area contributed by atoms with Gasteiger partial charge in [-0.25, -0.2) is 0 Å². The van der Waals surface area contributed by atoms with Gasteiger partial charge in [0.05, 0.1) is 12.7 Å². The Labute approximate surface area is 117 Å². The van der Waals surface area contributed by atoms with Crippen LogP contribution in [0.3, 0.4) is 0 Å². The highest BCUT2D eigenvalue weighted by Gasteiger charge is 2.16. The van der Waals surface area contributed by atoms with Crippen LogP contribution in [0.2, 0.25) is 0 Å². The zero-order valence-electron chi connectivity index (χ0n) is 11.1. The molecule has 0 bridgehead atoms. The second-order valence-electron chi connectivity index (χ2n) is 4.79. The van der Waals surface area contributed by atoms with Gasteiger partial charge in [-0.2, -0.15) is 0 Å². The predicted molar refractivity (Wildman–Crippen MR) is 76.7 cm³/mol. The largest absolute Gasteiger partial charge is 0.374 e. The molecule has 0 aliphatic carbocycles. The van der Waals surface area contributed by atoms with E-state index >= 15 is 0 Å². The van der Waals surface area contributed by atoms with Crippen molar-refractivity contribution in [1.29, 1.82) is 0 Å². The predicted octanol–water partition coefficient (Wildman–Crippen LogP) is 0.953. The maximum Gasteiger partial charge on any atom is 0.270 e. The Morgan fingerprint density at radius 1 is 1.40 bits per heavy atom. The van der Waals surface area contributed by atoms with Crippen LogP contribution in [0.5, 0.6) is 0 Å². The maximum absolute atomic E-state index is 12.3. The number of ether oxygens (including phenoxy) is 1. The first kappa shape index (κ1) is 13.0. The van der Waals surface area contributed by atoms with Gasteiger partial charge in [0.2, 0.25) is 0 Å². The number of hydrogen-bond donors (Lipinski definition) is 2. The molecule has 0 radical (unpaired) electrons. The number of nitrogens with zero attached hydrogens (tertiary/aromatic N) is 1. The lowest BCUT2D eigenvalue weighted by Crippen LogP contribution is -2.45. The number of pyridine rings is 1. The maximum atomic E-state index is 12.3. The molecule has 104 valence electrons. The SMILES string of the molecule is O=C(NCC1CNCCO1)c1nccc2ccccc12. The fourth-order valence-corrected chi connectivity index (χ4v) is 2.34. The van der Waals surface area contributed by atoms with Gasteiger partial charge in [0, 0.05) is 31.2 Å².